The average Bonchev–Trinajstić information content (AvgIpc) is 3.24. The molecule has 1 heterocycles. The Balaban J connectivity index is 2.06. The maximum absolute atomic E-state index is 13.1. The largest absolute Gasteiger partial charge is 0.384 e. The van der Waals surface area contributed by atoms with Gasteiger partial charge in [0.15, 0.2) is 0 Å². The maximum atomic E-state index is 13.1. The van der Waals surface area contributed by atoms with Crippen molar-refractivity contribution in [2.75, 3.05) is 33.4 Å². The molecule has 2 rings (SSSR count). The van der Waals surface area contributed by atoms with E-state index in [0.29, 0.717) is 24.5 Å². The summed E-state index contributed by atoms with van der Waals surface area (Å²) < 4.78 is 5.41. The molecular weight excluding hydrogens is 252 g/mol. The Kier molecular flexibility index (Phi) is 5.44. The second-order valence-electron chi connectivity index (χ2n) is 6.88. The van der Waals surface area contributed by atoms with Gasteiger partial charge in [0.25, 0.3) is 0 Å². The molecule has 1 saturated heterocycles. The highest BCUT2D eigenvalue weighted by Crippen LogP contribution is 2.36. The summed E-state index contributed by atoms with van der Waals surface area (Å²) in [5, 5.41) is 3.36. The fraction of sp³-hybridized carbons (Fsp3) is 0.938. The number of hydrogen-bond acceptors (Lipinski definition) is 3. The lowest BCUT2D eigenvalue weighted by Crippen LogP contribution is -2.52. The first kappa shape index (κ1) is 15.8. The Labute approximate surface area is 123 Å². The van der Waals surface area contributed by atoms with E-state index in [4.69, 9.17) is 4.74 Å². The van der Waals surface area contributed by atoms with Crippen LogP contribution in [0.2, 0.25) is 0 Å². The number of rotatable bonds is 7. The predicted octanol–water partition coefficient (Wildman–Crippen LogP) is 2.04. The number of nitrogens with zero attached hydrogens (tertiary/aromatic N) is 1. The Hall–Kier alpha value is -0.610. The van der Waals surface area contributed by atoms with E-state index in [2.05, 4.69) is 24.1 Å². The summed E-state index contributed by atoms with van der Waals surface area (Å²) in [6.07, 6.45) is 5.29. The lowest BCUT2D eigenvalue weighted by Gasteiger charge is -2.40. The number of piperidine rings is 1. The van der Waals surface area contributed by atoms with Gasteiger partial charge in [-0.2, -0.15) is 0 Å². The molecule has 4 heteroatoms. The zero-order chi connectivity index (χ0) is 14.6. The van der Waals surface area contributed by atoms with Crippen molar-refractivity contribution in [2.24, 2.45) is 11.3 Å². The average molecular weight is 282 g/mol. The van der Waals surface area contributed by atoms with E-state index >= 15 is 0 Å². The second-order valence-corrected chi connectivity index (χ2v) is 6.88. The van der Waals surface area contributed by atoms with Crippen LogP contribution in [-0.4, -0.2) is 50.2 Å². The molecular formula is C16H30N2O2. The number of ether oxygens (including phenoxy) is 1. The van der Waals surface area contributed by atoms with Gasteiger partial charge < -0.3 is 15.0 Å². The molecule has 4 nitrogen and oxygen atoms in total. The summed E-state index contributed by atoms with van der Waals surface area (Å²) in [6, 6.07) is 0.505. The maximum Gasteiger partial charge on any atom is 0.231 e. The third-order valence-electron chi connectivity index (χ3n) is 4.63. The molecule has 0 aromatic carbocycles. The van der Waals surface area contributed by atoms with Crippen LogP contribution in [0, 0.1) is 11.3 Å². The lowest BCUT2D eigenvalue weighted by molar-refractivity contribution is -0.148. The van der Waals surface area contributed by atoms with Crippen molar-refractivity contribution in [3.63, 3.8) is 0 Å². The fourth-order valence-corrected chi connectivity index (χ4v) is 3.14. The first-order chi connectivity index (χ1) is 9.59. The number of hydrogen-bond donors (Lipinski definition) is 1. The molecule has 2 aliphatic rings. The summed E-state index contributed by atoms with van der Waals surface area (Å²) in [6.45, 7) is 7.80. The van der Waals surface area contributed by atoms with E-state index in [1.54, 1.807) is 7.11 Å². The van der Waals surface area contributed by atoms with Crippen molar-refractivity contribution in [3.05, 3.63) is 0 Å². The van der Waals surface area contributed by atoms with Crippen LogP contribution in [0.15, 0.2) is 0 Å². The number of carbonyl (C=O) groups excluding carboxylic acids is 1. The number of nitrogens with one attached hydrogen (secondary N) is 1. The summed E-state index contributed by atoms with van der Waals surface area (Å²) >= 11 is 0. The molecule has 2 fully saturated rings. The van der Waals surface area contributed by atoms with Gasteiger partial charge in [-0.05, 0) is 51.1 Å². The Morgan fingerprint density at radius 2 is 2.00 bits per heavy atom. The molecule has 20 heavy (non-hydrogen) atoms. The van der Waals surface area contributed by atoms with Crippen LogP contribution < -0.4 is 5.32 Å². The van der Waals surface area contributed by atoms with Gasteiger partial charge in [-0.3, -0.25) is 4.79 Å². The summed E-state index contributed by atoms with van der Waals surface area (Å²) in [4.78, 5) is 15.3. The summed E-state index contributed by atoms with van der Waals surface area (Å²) in [7, 11) is 1.71. The zero-order valence-corrected chi connectivity index (χ0v) is 13.3. The van der Waals surface area contributed by atoms with Crippen molar-refractivity contribution >= 4 is 5.91 Å². The minimum atomic E-state index is -0.278. The van der Waals surface area contributed by atoms with E-state index < -0.39 is 0 Å². The quantitative estimate of drug-likeness (QED) is 0.777. The van der Waals surface area contributed by atoms with Gasteiger partial charge in [0.1, 0.15) is 0 Å². The van der Waals surface area contributed by atoms with Gasteiger partial charge in [-0.25, -0.2) is 0 Å². The van der Waals surface area contributed by atoms with Crippen molar-refractivity contribution in [1.82, 2.24) is 10.2 Å². The van der Waals surface area contributed by atoms with Crippen molar-refractivity contribution < 1.29 is 9.53 Å². The monoisotopic (exact) mass is 282 g/mol. The Morgan fingerprint density at radius 3 is 2.50 bits per heavy atom. The Bertz CT molecular complexity index is 315. The second kappa shape index (κ2) is 6.90. The smallest absolute Gasteiger partial charge is 0.231 e. The normalized spacial score (nSPS) is 22.0. The summed E-state index contributed by atoms with van der Waals surface area (Å²) in [5.41, 5.74) is -0.278. The molecule has 116 valence electrons. The third-order valence-corrected chi connectivity index (χ3v) is 4.63. The van der Waals surface area contributed by atoms with Crippen LogP contribution in [0.1, 0.15) is 46.0 Å². The van der Waals surface area contributed by atoms with Gasteiger partial charge in [-0.15, -0.1) is 0 Å². The number of carbonyl (C=O) groups is 1. The van der Waals surface area contributed by atoms with Gasteiger partial charge in [0, 0.05) is 19.7 Å². The lowest BCUT2D eigenvalue weighted by atomic mass is 9.78. The van der Waals surface area contributed by atoms with Crippen LogP contribution >= 0.6 is 0 Å². The highest BCUT2D eigenvalue weighted by Gasteiger charge is 2.45. The van der Waals surface area contributed by atoms with E-state index in [9.17, 15) is 4.79 Å². The molecule has 0 bridgehead atoms. The minimum Gasteiger partial charge on any atom is -0.384 e. The van der Waals surface area contributed by atoms with Gasteiger partial charge in [0.2, 0.25) is 5.91 Å². The minimum absolute atomic E-state index is 0.278. The molecule has 0 atom stereocenters. The molecule has 1 amide bonds. The van der Waals surface area contributed by atoms with Crippen LogP contribution in [0.25, 0.3) is 0 Å². The first-order valence-corrected chi connectivity index (χ1v) is 8.10. The van der Waals surface area contributed by atoms with Crippen molar-refractivity contribution in [2.45, 2.75) is 52.0 Å². The SMILES string of the molecule is COCC1(C(=O)N(CCC(C)C)C2CC2)CCNCC1. The molecule has 0 aromatic rings. The van der Waals surface area contributed by atoms with Gasteiger partial charge in [-0.1, -0.05) is 13.8 Å². The van der Waals surface area contributed by atoms with E-state index in [1.807, 2.05) is 0 Å². The van der Waals surface area contributed by atoms with E-state index in [0.717, 1.165) is 38.9 Å². The van der Waals surface area contributed by atoms with Crippen LogP contribution in [0.5, 0.6) is 0 Å². The number of amides is 1. The Morgan fingerprint density at radius 1 is 1.35 bits per heavy atom. The zero-order valence-electron chi connectivity index (χ0n) is 13.3. The van der Waals surface area contributed by atoms with Crippen molar-refractivity contribution in [1.29, 1.82) is 0 Å². The molecule has 1 aliphatic heterocycles. The molecule has 0 radical (unpaired) electrons. The van der Waals surface area contributed by atoms with E-state index in [1.165, 1.54) is 12.8 Å². The third kappa shape index (κ3) is 3.73. The molecule has 1 saturated carbocycles. The van der Waals surface area contributed by atoms with Crippen LogP contribution in [-0.2, 0) is 9.53 Å². The molecule has 0 spiro atoms. The topological polar surface area (TPSA) is 41.6 Å². The summed E-state index contributed by atoms with van der Waals surface area (Å²) in [5.74, 6) is 0.999. The molecule has 1 N–H and O–H groups in total. The van der Waals surface area contributed by atoms with Gasteiger partial charge in [0.05, 0.1) is 12.0 Å². The first-order valence-electron chi connectivity index (χ1n) is 8.10. The highest BCUT2D eigenvalue weighted by atomic mass is 16.5. The molecule has 1 aliphatic carbocycles. The van der Waals surface area contributed by atoms with Crippen LogP contribution in [0.3, 0.4) is 0 Å². The van der Waals surface area contributed by atoms with Crippen LogP contribution in [0.4, 0.5) is 0 Å². The fourth-order valence-electron chi connectivity index (χ4n) is 3.14. The van der Waals surface area contributed by atoms with Crippen molar-refractivity contribution in [3.8, 4) is 0 Å². The van der Waals surface area contributed by atoms with Gasteiger partial charge >= 0.3 is 0 Å². The molecule has 0 aromatic heterocycles. The number of methoxy groups -OCH3 is 1. The molecule has 0 unspecified atom stereocenters. The standard InChI is InChI=1S/C16H30N2O2/c1-13(2)6-11-18(14-4-5-14)15(19)16(12-20-3)7-9-17-10-8-16/h13-14,17H,4-12H2,1-3H3. The van der Waals surface area contributed by atoms with E-state index in [-0.39, 0.29) is 5.41 Å². The predicted molar refractivity (Wildman–Crippen MR) is 80.6 cm³/mol. The highest BCUT2D eigenvalue weighted by molar-refractivity contribution is 5.83.